The Hall–Kier alpha value is -5.04. The summed E-state index contributed by atoms with van der Waals surface area (Å²) in [5, 5.41) is 0. The molecule has 1 fully saturated rings. The Balaban J connectivity index is 1.29. The van der Waals surface area contributed by atoms with Crippen molar-refractivity contribution >= 4 is 32.6 Å². The highest BCUT2D eigenvalue weighted by Crippen LogP contribution is 2.72. The maximum Gasteiger partial charge on any atom is 0.323 e. The first-order valence-corrected chi connectivity index (χ1v) is 20.8. The molecule has 0 aliphatic heterocycles. The minimum absolute atomic E-state index is 0.305. The van der Waals surface area contributed by atoms with Crippen LogP contribution in [0.15, 0.2) is 211 Å². The molecule has 7 rings (SSSR count). The van der Waals surface area contributed by atoms with Gasteiger partial charge in [0.15, 0.2) is 0 Å². The predicted molar refractivity (Wildman–Crippen MR) is 210 cm³/mol. The summed E-state index contributed by atoms with van der Waals surface area (Å²) in [4.78, 5) is 35.6. The molecular weight excluding hydrogens is 681 g/mol. The van der Waals surface area contributed by atoms with Crippen molar-refractivity contribution in [3.05, 3.63) is 182 Å². The lowest BCUT2D eigenvalue weighted by Crippen LogP contribution is -2.44. The van der Waals surface area contributed by atoms with E-state index in [-0.39, 0.29) is 11.9 Å². The predicted octanol–water partition coefficient (Wildman–Crippen LogP) is 12.3. The minimum Gasteiger partial charge on any atom is -0.402 e. The molecule has 2 atom stereocenters. The highest BCUT2D eigenvalue weighted by molar-refractivity contribution is 8.30. The smallest absolute Gasteiger partial charge is 0.323 e. The number of hydrogen-bond acceptors (Lipinski definition) is 4. The molecule has 1 aliphatic rings. The van der Waals surface area contributed by atoms with E-state index in [1.54, 1.807) is 0 Å². The zero-order chi connectivity index (χ0) is 36.2. The Morgan fingerprint density at radius 2 is 0.731 bits per heavy atom. The molecule has 0 N–H and O–H groups in total. The molecule has 4 nitrogen and oxygen atoms in total. The van der Waals surface area contributed by atoms with Gasteiger partial charge in [0.05, 0.1) is 11.3 Å². The Morgan fingerprint density at radius 3 is 1.02 bits per heavy atom. The molecular formula is C46H44O4S2. The van der Waals surface area contributed by atoms with Crippen LogP contribution in [-0.4, -0.2) is 11.9 Å². The van der Waals surface area contributed by atoms with Crippen molar-refractivity contribution in [1.82, 2.24) is 0 Å². The van der Waals surface area contributed by atoms with Crippen LogP contribution >= 0.6 is 20.6 Å². The zero-order valence-corrected chi connectivity index (χ0v) is 31.4. The molecule has 0 spiro atoms. The van der Waals surface area contributed by atoms with Gasteiger partial charge in [-0.05, 0) is 119 Å². The third kappa shape index (κ3) is 6.04. The van der Waals surface area contributed by atoms with Crippen molar-refractivity contribution in [3.63, 3.8) is 0 Å². The summed E-state index contributed by atoms with van der Waals surface area (Å²) in [6.45, 7) is 6.03. The fraction of sp³-hybridized carbons (Fsp3) is 0.174. The fourth-order valence-corrected chi connectivity index (χ4v) is 13.7. The highest BCUT2D eigenvalue weighted by Gasteiger charge is 2.61. The van der Waals surface area contributed by atoms with Gasteiger partial charge in [0.2, 0.25) is 0 Å². The van der Waals surface area contributed by atoms with Gasteiger partial charge in [-0.1, -0.05) is 123 Å². The highest BCUT2D eigenvalue weighted by atomic mass is 32.3. The second-order valence-corrected chi connectivity index (χ2v) is 19.3. The second kappa shape index (κ2) is 14.5. The van der Waals surface area contributed by atoms with Crippen molar-refractivity contribution in [2.75, 3.05) is 0 Å². The van der Waals surface area contributed by atoms with E-state index < -0.39 is 37.4 Å². The molecule has 264 valence electrons. The van der Waals surface area contributed by atoms with Crippen LogP contribution in [0, 0.1) is 16.7 Å². The Morgan fingerprint density at radius 1 is 0.462 bits per heavy atom. The maximum absolute atomic E-state index is 15.1. The van der Waals surface area contributed by atoms with Gasteiger partial charge in [-0.3, -0.25) is 9.59 Å². The van der Waals surface area contributed by atoms with Crippen LogP contribution in [0.3, 0.4) is 0 Å². The summed E-state index contributed by atoms with van der Waals surface area (Å²) < 4.78 is 14.0. The van der Waals surface area contributed by atoms with E-state index in [1.807, 2.05) is 203 Å². The Kier molecular flexibility index (Phi) is 9.88. The van der Waals surface area contributed by atoms with Crippen molar-refractivity contribution < 1.29 is 18.0 Å². The first-order valence-electron chi connectivity index (χ1n) is 17.7. The van der Waals surface area contributed by atoms with E-state index in [1.165, 1.54) is 0 Å². The molecule has 1 saturated carbocycles. The molecule has 0 heterocycles. The summed E-state index contributed by atoms with van der Waals surface area (Å²) in [5.74, 6) is -1.17. The summed E-state index contributed by atoms with van der Waals surface area (Å²) in [7, 11) is -4.97. The number of rotatable bonds is 10. The van der Waals surface area contributed by atoms with Gasteiger partial charge < -0.3 is 8.37 Å². The third-order valence-electron chi connectivity index (χ3n) is 10.8. The number of carbonyl (C=O) groups excluding carboxylic acids is 2. The lowest BCUT2D eigenvalue weighted by atomic mass is 9.66. The Labute approximate surface area is 310 Å². The third-order valence-corrected chi connectivity index (χ3v) is 17.3. The standard InChI is InChI=1S/C46H44O4S2/c1-45(2)42(43(47)49-51(36-22-10-4-11-23-36,37-24-12-5-13-25-37)38-26-14-6-15-27-38)34-35-46(45,3)44(48)50-52(39-28-16-7-17-29-39,40-30-18-8-19-31-40)41-32-20-9-21-33-41/h4-33,42H,34-35H2,1-3H3. The lowest BCUT2D eigenvalue weighted by molar-refractivity contribution is -0.153. The topological polar surface area (TPSA) is 52.6 Å². The summed E-state index contributed by atoms with van der Waals surface area (Å²) in [6.07, 6.45) is 0.979. The van der Waals surface area contributed by atoms with E-state index >= 15 is 4.79 Å². The van der Waals surface area contributed by atoms with Crippen LogP contribution in [0.25, 0.3) is 0 Å². The van der Waals surface area contributed by atoms with Gasteiger partial charge in [-0.15, -0.1) is 0 Å². The zero-order valence-electron chi connectivity index (χ0n) is 29.8. The monoisotopic (exact) mass is 724 g/mol. The molecule has 0 saturated heterocycles. The second-order valence-electron chi connectivity index (χ2n) is 13.9. The fourth-order valence-electron chi connectivity index (χ4n) is 7.44. The molecule has 0 aromatic heterocycles. The lowest BCUT2D eigenvalue weighted by Gasteiger charge is -2.46. The van der Waals surface area contributed by atoms with Crippen LogP contribution in [0.1, 0.15) is 33.6 Å². The van der Waals surface area contributed by atoms with E-state index in [0.29, 0.717) is 12.8 Å². The molecule has 0 radical (unpaired) electrons. The Bertz CT molecular complexity index is 1920. The molecule has 2 unspecified atom stereocenters. The number of hydrogen-bond donors (Lipinski definition) is 0. The minimum atomic E-state index is -2.49. The van der Waals surface area contributed by atoms with Crippen LogP contribution < -0.4 is 0 Å². The van der Waals surface area contributed by atoms with Crippen LogP contribution in [0.4, 0.5) is 0 Å². The molecule has 0 amide bonds. The molecule has 6 aromatic carbocycles. The van der Waals surface area contributed by atoms with Crippen molar-refractivity contribution in [1.29, 1.82) is 0 Å². The van der Waals surface area contributed by atoms with Gasteiger partial charge in [0.1, 0.15) is 0 Å². The molecule has 0 bridgehead atoms. The van der Waals surface area contributed by atoms with Gasteiger partial charge in [0, 0.05) is 29.4 Å². The SMILES string of the molecule is CC1(C(=O)OS(c2ccccc2)(c2ccccc2)c2ccccc2)CCC(C(=O)OS(c2ccccc2)(c2ccccc2)c2ccccc2)C1(C)C. The first kappa shape index (κ1) is 35.4. The van der Waals surface area contributed by atoms with Crippen LogP contribution in [0.2, 0.25) is 0 Å². The molecule has 6 heteroatoms. The summed E-state index contributed by atoms with van der Waals surface area (Å²) in [5.41, 5.74) is -1.79. The summed E-state index contributed by atoms with van der Waals surface area (Å²) in [6, 6.07) is 60.3. The van der Waals surface area contributed by atoms with E-state index in [0.717, 1.165) is 29.4 Å². The number of benzene rings is 6. The first-order chi connectivity index (χ1) is 25.2. The van der Waals surface area contributed by atoms with Crippen molar-refractivity contribution in [2.45, 2.75) is 63.0 Å². The molecule has 6 aromatic rings. The number of carbonyl (C=O) groups is 2. The van der Waals surface area contributed by atoms with Gasteiger partial charge in [-0.25, -0.2) is 0 Å². The van der Waals surface area contributed by atoms with E-state index in [4.69, 9.17) is 8.37 Å². The normalized spacial score (nSPS) is 18.9. The average molecular weight is 725 g/mol. The quantitative estimate of drug-likeness (QED) is 0.141. The van der Waals surface area contributed by atoms with Gasteiger partial charge >= 0.3 is 11.9 Å². The van der Waals surface area contributed by atoms with Gasteiger partial charge in [-0.2, -0.15) is 0 Å². The molecule has 52 heavy (non-hydrogen) atoms. The van der Waals surface area contributed by atoms with Crippen LogP contribution in [-0.2, 0) is 18.0 Å². The molecule has 1 aliphatic carbocycles. The van der Waals surface area contributed by atoms with Gasteiger partial charge in [0.25, 0.3) is 0 Å². The summed E-state index contributed by atoms with van der Waals surface area (Å²) >= 11 is 0. The average Bonchev–Trinajstić information content (AvgIpc) is 3.46. The van der Waals surface area contributed by atoms with Crippen molar-refractivity contribution in [2.24, 2.45) is 16.7 Å². The van der Waals surface area contributed by atoms with E-state index in [2.05, 4.69) is 0 Å². The largest absolute Gasteiger partial charge is 0.402 e. The van der Waals surface area contributed by atoms with E-state index in [9.17, 15) is 4.79 Å². The maximum atomic E-state index is 15.1. The van der Waals surface area contributed by atoms with Crippen molar-refractivity contribution in [3.8, 4) is 0 Å². The van der Waals surface area contributed by atoms with Crippen LogP contribution in [0.5, 0.6) is 0 Å².